The van der Waals surface area contributed by atoms with Crippen LogP contribution in [0.1, 0.15) is 5.82 Å². The summed E-state index contributed by atoms with van der Waals surface area (Å²) in [6, 6.07) is 0. The predicted molar refractivity (Wildman–Crippen MR) is 67.7 cm³/mol. The molecule has 8 heteroatoms. The monoisotopic (exact) mass is 268 g/mol. The Morgan fingerprint density at radius 3 is 2.89 bits per heavy atom. The van der Waals surface area contributed by atoms with Gasteiger partial charge in [-0.25, -0.2) is 9.67 Å². The molecular formula is C10H13ClN6O. The van der Waals surface area contributed by atoms with E-state index < -0.39 is 0 Å². The Labute approximate surface area is 108 Å². The molecule has 96 valence electrons. The zero-order valence-electron chi connectivity index (χ0n) is 10.1. The Bertz CT molecular complexity index is 605. The summed E-state index contributed by atoms with van der Waals surface area (Å²) in [5.74, 6) is 0.734. The van der Waals surface area contributed by atoms with Crippen LogP contribution < -0.4 is 10.9 Å². The largest absolute Gasteiger partial charge is 0.382 e. The van der Waals surface area contributed by atoms with Crippen molar-refractivity contribution in [2.75, 3.05) is 11.9 Å². The van der Waals surface area contributed by atoms with E-state index >= 15 is 0 Å². The van der Waals surface area contributed by atoms with Crippen LogP contribution in [0.25, 0.3) is 0 Å². The lowest BCUT2D eigenvalue weighted by Crippen LogP contribution is -2.21. The maximum absolute atomic E-state index is 11.5. The molecule has 0 amide bonds. The average molecular weight is 269 g/mol. The van der Waals surface area contributed by atoms with Gasteiger partial charge in [0.05, 0.1) is 11.9 Å². The topological polar surface area (TPSA) is 77.6 Å². The summed E-state index contributed by atoms with van der Waals surface area (Å²) in [5.41, 5.74) is 0.202. The van der Waals surface area contributed by atoms with Gasteiger partial charge in [-0.2, -0.15) is 10.2 Å². The van der Waals surface area contributed by atoms with Crippen LogP contribution in [0.3, 0.4) is 0 Å². The van der Waals surface area contributed by atoms with Crippen molar-refractivity contribution < 1.29 is 0 Å². The van der Waals surface area contributed by atoms with E-state index in [4.69, 9.17) is 11.6 Å². The minimum atomic E-state index is -0.322. The third-order valence-corrected chi connectivity index (χ3v) is 2.75. The Balaban J connectivity index is 1.99. The van der Waals surface area contributed by atoms with Crippen LogP contribution in [-0.2, 0) is 20.5 Å². The molecule has 0 fully saturated rings. The van der Waals surface area contributed by atoms with E-state index in [1.807, 2.05) is 7.05 Å². The van der Waals surface area contributed by atoms with Crippen LogP contribution in [0.5, 0.6) is 0 Å². The summed E-state index contributed by atoms with van der Waals surface area (Å²) in [7, 11) is 3.36. The van der Waals surface area contributed by atoms with Crippen molar-refractivity contribution in [3.05, 3.63) is 33.7 Å². The fourth-order valence-electron chi connectivity index (χ4n) is 1.44. The van der Waals surface area contributed by atoms with Crippen LogP contribution >= 0.6 is 11.6 Å². The summed E-state index contributed by atoms with van der Waals surface area (Å²) in [6.07, 6.45) is 3.81. The fourth-order valence-corrected chi connectivity index (χ4v) is 1.68. The molecule has 0 radical (unpaired) electrons. The van der Waals surface area contributed by atoms with Crippen LogP contribution in [0, 0.1) is 0 Å². The van der Waals surface area contributed by atoms with E-state index in [9.17, 15) is 4.79 Å². The SMILES string of the molecule is Cn1cnc(CCNc2cnn(C)c(=O)c2Cl)n1. The number of halogens is 1. The molecule has 2 rings (SSSR count). The zero-order chi connectivity index (χ0) is 13.1. The minimum absolute atomic E-state index is 0.140. The third kappa shape index (κ3) is 2.67. The van der Waals surface area contributed by atoms with Gasteiger partial charge in [-0.1, -0.05) is 11.6 Å². The summed E-state index contributed by atoms with van der Waals surface area (Å²) in [6.45, 7) is 0.582. The lowest BCUT2D eigenvalue weighted by molar-refractivity contribution is 0.707. The fraction of sp³-hybridized carbons (Fsp3) is 0.400. The number of aromatic nitrogens is 5. The molecule has 0 aliphatic carbocycles. The zero-order valence-corrected chi connectivity index (χ0v) is 10.8. The first kappa shape index (κ1) is 12.6. The molecule has 0 saturated carbocycles. The highest BCUT2D eigenvalue weighted by molar-refractivity contribution is 6.32. The number of rotatable bonds is 4. The van der Waals surface area contributed by atoms with Gasteiger partial charge in [0.2, 0.25) is 0 Å². The Hall–Kier alpha value is -1.89. The van der Waals surface area contributed by atoms with Crippen molar-refractivity contribution in [2.24, 2.45) is 14.1 Å². The maximum Gasteiger partial charge on any atom is 0.287 e. The molecule has 0 bridgehead atoms. The van der Waals surface area contributed by atoms with E-state index in [0.717, 1.165) is 5.82 Å². The van der Waals surface area contributed by atoms with E-state index in [0.29, 0.717) is 18.7 Å². The molecule has 2 aromatic heterocycles. The summed E-state index contributed by atoms with van der Waals surface area (Å²) in [4.78, 5) is 15.6. The van der Waals surface area contributed by atoms with Crippen molar-refractivity contribution in [2.45, 2.75) is 6.42 Å². The summed E-state index contributed by atoms with van der Waals surface area (Å²) < 4.78 is 2.83. The second-order valence-corrected chi connectivity index (χ2v) is 4.19. The maximum atomic E-state index is 11.5. The third-order valence-electron chi connectivity index (χ3n) is 2.39. The molecule has 0 spiro atoms. The van der Waals surface area contributed by atoms with Crippen LogP contribution in [0.4, 0.5) is 5.69 Å². The molecule has 0 aromatic carbocycles. The molecule has 2 heterocycles. The number of aryl methyl sites for hydroxylation is 2. The standard InChI is InChI=1S/C10H13ClN6O/c1-16-6-13-8(15-16)3-4-12-7-5-14-17(2)10(18)9(7)11/h5-6,12H,3-4H2,1-2H3. The molecule has 0 unspecified atom stereocenters. The molecule has 0 aliphatic heterocycles. The molecular weight excluding hydrogens is 256 g/mol. The first-order valence-corrected chi connectivity index (χ1v) is 5.76. The molecule has 0 atom stereocenters. The van der Waals surface area contributed by atoms with Gasteiger partial charge in [0.25, 0.3) is 5.56 Å². The molecule has 0 aliphatic rings. The first-order chi connectivity index (χ1) is 8.58. The Kier molecular flexibility index (Phi) is 3.61. The first-order valence-electron chi connectivity index (χ1n) is 5.38. The minimum Gasteiger partial charge on any atom is -0.382 e. The van der Waals surface area contributed by atoms with Gasteiger partial charge in [0.15, 0.2) is 5.82 Å². The van der Waals surface area contributed by atoms with E-state index in [1.165, 1.54) is 10.9 Å². The van der Waals surface area contributed by atoms with Crippen molar-refractivity contribution in [1.82, 2.24) is 24.5 Å². The van der Waals surface area contributed by atoms with Crippen molar-refractivity contribution in [3.8, 4) is 0 Å². The normalized spacial score (nSPS) is 10.6. The van der Waals surface area contributed by atoms with Crippen LogP contribution in [-0.4, -0.2) is 31.1 Å². The highest BCUT2D eigenvalue weighted by atomic mass is 35.5. The summed E-state index contributed by atoms with van der Waals surface area (Å²) >= 11 is 5.91. The van der Waals surface area contributed by atoms with Gasteiger partial charge in [0.1, 0.15) is 11.3 Å². The van der Waals surface area contributed by atoms with Crippen molar-refractivity contribution >= 4 is 17.3 Å². The van der Waals surface area contributed by atoms with Crippen molar-refractivity contribution in [3.63, 3.8) is 0 Å². The number of nitrogens with zero attached hydrogens (tertiary/aromatic N) is 5. The van der Waals surface area contributed by atoms with Gasteiger partial charge < -0.3 is 5.32 Å². The predicted octanol–water partition coefficient (Wildman–Crippen LogP) is 0.217. The van der Waals surface area contributed by atoms with E-state index in [-0.39, 0.29) is 10.6 Å². The van der Waals surface area contributed by atoms with Crippen molar-refractivity contribution in [1.29, 1.82) is 0 Å². The Morgan fingerprint density at radius 2 is 2.22 bits per heavy atom. The van der Waals surface area contributed by atoms with Crippen LogP contribution in [0.2, 0.25) is 5.02 Å². The highest BCUT2D eigenvalue weighted by Gasteiger charge is 2.07. The molecule has 18 heavy (non-hydrogen) atoms. The van der Waals surface area contributed by atoms with Gasteiger partial charge in [0, 0.05) is 27.1 Å². The number of anilines is 1. The van der Waals surface area contributed by atoms with Gasteiger partial charge >= 0.3 is 0 Å². The molecule has 2 aromatic rings. The highest BCUT2D eigenvalue weighted by Crippen LogP contribution is 2.14. The van der Waals surface area contributed by atoms with Gasteiger partial charge in [-0.05, 0) is 0 Å². The molecule has 0 saturated heterocycles. The number of hydrogen-bond donors (Lipinski definition) is 1. The second kappa shape index (κ2) is 5.18. The lowest BCUT2D eigenvalue weighted by Gasteiger charge is -2.06. The Morgan fingerprint density at radius 1 is 1.44 bits per heavy atom. The number of nitrogens with one attached hydrogen (secondary N) is 1. The second-order valence-electron chi connectivity index (χ2n) is 3.81. The number of hydrogen-bond acceptors (Lipinski definition) is 5. The summed E-state index contributed by atoms with van der Waals surface area (Å²) in [5, 5.41) is 11.2. The molecule has 1 N–H and O–H groups in total. The van der Waals surface area contributed by atoms with Gasteiger partial charge in [-0.3, -0.25) is 9.48 Å². The van der Waals surface area contributed by atoms with Crippen LogP contribution in [0.15, 0.2) is 17.3 Å². The van der Waals surface area contributed by atoms with Gasteiger partial charge in [-0.15, -0.1) is 0 Å². The van der Waals surface area contributed by atoms with E-state index in [1.54, 1.807) is 18.1 Å². The average Bonchev–Trinajstić information content (AvgIpc) is 2.75. The quantitative estimate of drug-likeness (QED) is 0.858. The lowest BCUT2D eigenvalue weighted by atomic mass is 10.4. The smallest absolute Gasteiger partial charge is 0.287 e. The van der Waals surface area contributed by atoms with E-state index in [2.05, 4.69) is 20.5 Å². The molecule has 7 nitrogen and oxygen atoms in total.